The Bertz CT molecular complexity index is 473. The third kappa shape index (κ3) is 3.20. The van der Waals surface area contributed by atoms with Crippen molar-refractivity contribution in [3.8, 4) is 0 Å². The van der Waals surface area contributed by atoms with E-state index in [-0.39, 0.29) is 11.9 Å². The van der Waals surface area contributed by atoms with Gasteiger partial charge in [-0.25, -0.2) is 4.39 Å². The molecule has 0 aliphatic heterocycles. The number of hydrogen-bond donors (Lipinski definition) is 1. The maximum absolute atomic E-state index is 13.4. The third-order valence-corrected chi connectivity index (χ3v) is 3.07. The molecule has 0 saturated carbocycles. The highest BCUT2D eigenvalue weighted by Crippen LogP contribution is 2.21. The van der Waals surface area contributed by atoms with Crippen molar-refractivity contribution in [1.29, 1.82) is 0 Å². The first-order valence-electron chi connectivity index (χ1n) is 6.16. The maximum atomic E-state index is 13.4. The van der Waals surface area contributed by atoms with Gasteiger partial charge in [-0.1, -0.05) is 6.07 Å². The minimum Gasteiger partial charge on any atom is -0.469 e. The van der Waals surface area contributed by atoms with Crippen LogP contribution < -0.4 is 5.32 Å². The fourth-order valence-corrected chi connectivity index (χ4v) is 2.18. The van der Waals surface area contributed by atoms with Crippen LogP contribution in [0.15, 0.2) is 41.0 Å². The Balaban J connectivity index is 2.07. The van der Waals surface area contributed by atoms with Gasteiger partial charge in [-0.2, -0.15) is 0 Å². The van der Waals surface area contributed by atoms with Crippen molar-refractivity contribution in [3.05, 3.63) is 59.3 Å². The normalized spacial score (nSPS) is 12.6. The van der Waals surface area contributed by atoms with Gasteiger partial charge in [0.05, 0.1) is 6.26 Å². The van der Waals surface area contributed by atoms with Crippen molar-refractivity contribution >= 4 is 0 Å². The first-order chi connectivity index (χ1) is 8.69. The number of hydrogen-bond acceptors (Lipinski definition) is 2. The second kappa shape index (κ2) is 5.83. The smallest absolute Gasteiger partial charge is 0.123 e. The highest BCUT2D eigenvalue weighted by Gasteiger charge is 2.11. The molecule has 2 rings (SSSR count). The first-order valence-corrected chi connectivity index (χ1v) is 6.16. The molecule has 1 heterocycles. The van der Waals surface area contributed by atoms with E-state index in [0.717, 1.165) is 29.7 Å². The molecule has 2 nitrogen and oxygen atoms in total. The molecule has 1 aromatic carbocycles. The van der Waals surface area contributed by atoms with Crippen LogP contribution in [0.1, 0.15) is 29.3 Å². The zero-order valence-corrected chi connectivity index (χ0v) is 10.7. The summed E-state index contributed by atoms with van der Waals surface area (Å²) in [5.41, 5.74) is 1.94. The van der Waals surface area contributed by atoms with E-state index in [2.05, 4.69) is 5.32 Å². The lowest BCUT2D eigenvalue weighted by Gasteiger charge is -2.16. The van der Waals surface area contributed by atoms with E-state index in [1.165, 1.54) is 0 Å². The Kier molecular flexibility index (Phi) is 4.15. The van der Waals surface area contributed by atoms with E-state index in [4.69, 9.17) is 4.42 Å². The summed E-state index contributed by atoms with van der Waals surface area (Å²) in [6.07, 6.45) is 3.40. The molecule has 3 heteroatoms. The summed E-state index contributed by atoms with van der Waals surface area (Å²) in [4.78, 5) is 0. The van der Waals surface area contributed by atoms with E-state index in [0.29, 0.717) is 0 Å². The summed E-state index contributed by atoms with van der Waals surface area (Å²) in [5.74, 6) is 0.784. The molecule has 0 bridgehead atoms. The van der Waals surface area contributed by atoms with Gasteiger partial charge in [-0.3, -0.25) is 0 Å². The SMILES string of the molecule is CNC(CCc1ccco1)c1cc(C)cc(F)c1. The number of aryl methyl sites for hydroxylation is 2. The average Bonchev–Trinajstić information content (AvgIpc) is 2.81. The van der Waals surface area contributed by atoms with E-state index in [1.54, 1.807) is 18.4 Å². The number of furan rings is 1. The van der Waals surface area contributed by atoms with Crippen molar-refractivity contribution in [1.82, 2.24) is 5.32 Å². The van der Waals surface area contributed by atoms with Crippen LogP contribution in [0.4, 0.5) is 4.39 Å². The quantitative estimate of drug-likeness (QED) is 0.873. The molecule has 0 aliphatic carbocycles. The van der Waals surface area contributed by atoms with Crippen LogP contribution in [0.5, 0.6) is 0 Å². The molecular formula is C15H18FNO. The monoisotopic (exact) mass is 247 g/mol. The van der Waals surface area contributed by atoms with E-state index in [9.17, 15) is 4.39 Å². The predicted molar refractivity (Wildman–Crippen MR) is 70.0 cm³/mol. The van der Waals surface area contributed by atoms with E-state index in [1.807, 2.05) is 32.2 Å². The molecule has 1 N–H and O–H groups in total. The molecule has 18 heavy (non-hydrogen) atoms. The average molecular weight is 247 g/mol. The summed E-state index contributed by atoms with van der Waals surface area (Å²) in [6, 6.07) is 9.15. The van der Waals surface area contributed by atoms with Gasteiger partial charge in [0.25, 0.3) is 0 Å². The van der Waals surface area contributed by atoms with Crippen molar-refractivity contribution in [2.75, 3.05) is 7.05 Å². The van der Waals surface area contributed by atoms with Crippen LogP contribution in [0.2, 0.25) is 0 Å². The van der Waals surface area contributed by atoms with Crippen LogP contribution in [-0.4, -0.2) is 7.05 Å². The molecule has 0 radical (unpaired) electrons. The summed E-state index contributed by atoms with van der Waals surface area (Å²) >= 11 is 0. The number of rotatable bonds is 5. The van der Waals surface area contributed by atoms with Gasteiger partial charge in [-0.15, -0.1) is 0 Å². The topological polar surface area (TPSA) is 25.2 Å². The minimum atomic E-state index is -0.178. The van der Waals surface area contributed by atoms with Crippen LogP contribution in [-0.2, 0) is 6.42 Å². The lowest BCUT2D eigenvalue weighted by Crippen LogP contribution is -2.17. The molecule has 1 unspecified atom stereocenters. The van der Waals surface area contributed by atoms with Crippen molar-refractivity contribution in [2.24, 2.45) is 0 Å². The molecule has 2 aromatic rings. The van der Waals surface area contributed by atoms with Crippen LogP contribution in [0, 0.1) is 12.7 Å². The predicted octanol–water partition coefficient (Wildman–Crippen LogP) is 3.62. The Morgan fingerprint density at radius 1 is 1.33 bits per heavy atom. The number of halogens is 1. The van der Waals surface area contributed by atoms with Crippen molar-refractivity contribution in [2.45, 2.75) is 25.8 Å². The highest BCUT2D eigenvalue weighted by molar-refractivity contribution is 5.26. The summed E-state index contributed by atoms with van der Waals surface area (Å²) in [6.45, 7) is 1.91. The third-order valence-electron chi connectivity index (χ3n) is 3.07. The van der Waals surface area contributed by atoms with Gasteiger partial charge in [0.15, 0.2) is 0 Å². The molecule has 0 fully saturated rings. The Labute approximate surface area is 107 Å². The maximum Gasteiger partial charge on any atom is 0.123 e. The Morgan fingerprint density at radius 2 is 2.17 bits per heavy atom. The number of nitrogens with one attached hydrogen (secondary N) is 1. The molecule has 96 valence electrons. The zero-order valence-electron chi connectivity index (χ0n) is 10.7. The lowest BCUT2D eigenvalue weighted by atomic mass is 9.99. The Morgan fingerprint density at radius 3 is 2.78 bits per heavy atom. The summed E-state index contributed by atoms with van der Waals surface area (Å²) in [5, 5.41) is 3.23. The number of benzene rings is 1. The standard InChI is InChI=1S/C15H18FNO/c1-11-8-12(10-13(16)9-11)15(17-2)6-5-14-4-3-7-18-14/h3-4,7-10,15,17H,5-6H2,1-2H3. The molecule has 0 spiro atoms. The highest BCUT2D eigenvalue weighted by atomic mass is 19.1. The van der Waals surface area contributed by atoms with Crippen LogP contribution in [0.3, 0.4) is 0 Å². The van der Waals surface area contributed by atoms with E-state index >= 15 is 0 Å². The Hall–Kier alpha value is -1.61. The van der Waals surface area contributed by atoms with Gasteiger partial charge >= 0.3 is 0 Å². The van der Waals surface area contributed by atoms with Gasteiger partial charge < -0.3 is 9.73 Å². The summed E-state index contributed by atoms with van der Waals surface area (Å²) < 4.78 is 18.7. The molecule has 1 atom stereocenters. The van der Waals surface area contributed by atoms with Crippen LogP contribution >= 0.6 is 0 Å². The molecule has 0 saturated heterocycles. The van der Waals surface area contributed by atoms with Gasteiger partial charge in [-0.05, 0) is 55.8 Å². The molecule has 0 aliphatic rings. The van der Waals surface area contributed by atoms with Gasteiger partial charge in [0.1, 0.15) is 11.6 Å². The van der Waals surface area contributed by atoms with Gasteiger partial charge in [0, 0.05) is 12.5 Å². The zero-order chi connectivity index (χ0) is 13.0. The first kappa shape index (κ1) is 12.8. The van der Waals surface area contributed by atoms with E-state index < -0.39 is 0 Å². The molecule has 1 aromatic heterocycles. The lowest BCUT2D eigenvalue weighted by molar-refractivity contribution is 0.468. The van der Waals surface area contributed by atoms with Crippen molar-refractivity contribution < 1.29 is 8.81 Å². The second-order valence-corrected chi connectivity index (χ2v) is 4.52. The fourth-order valence-electron chi connectivity index (χ4n) is 2.18. The fraction of sp³-hybridized carbons (Fsp3) is 0.333. The molecular weight excluding hydrogens is 229 g/mol. The van der Waals surface area contributed by atoms with Gasteiger partial charge in [0.2, 0.25) is 0 Å². The summed E-state index contributed by atoms with van der Waals surface area (Å²) in [7, 11) is 1.90. The molecule has 0 amide bonds. The largest absolute Gasteiger partial charge is 0.469 e. The second-order valence-electron chi connectivity index (χ2n) is 4.52. The minimum absolute atomic E-state index is 0.143. The van der Waals surface area contributed by atoms with Crippen LogP contribution in [0.25, 0.3) is 0 Å². The van der Waals surface area contributed by atoms with Crippen molar-refractivity contribution in [3.63, 3.8) is 0 Å².